The van der Waals surface area contributed by atoms with Gasteiger partial charge >= 0.3 is 12.3 Å². The van der Waals surface area contributed by atoms with Crippen LogP contribution in [0.15, 0.2) is 0 Å². The van der Waals surface area contributed by atoms with E-state index in [9.17, 15) is 0 Å². The number of methoxy groups -OCH3 is 1. The lowest BCUT2D eigenvalue weighted by molar-refractivity contribution is -0.258. The van der Waals surface area contributed by atoms with E-state index in [1.54, 1.807) is 7.11 Å². The van der Waals surface area contributed by atoms with Crippen LogP contribution in [0.1, 0.15) is 13.3 Å². The SMILES string of the molecule is CCC(COO)OC.O=C(O)O.O=C(O)O. The molecule has 9 heteroatoms. The monoisotopic (exact) mass is 244 g/mol. The number of hydrogen-bond donors (Lipinski definition) is 5. The molecule has 0 bridgehead atoms. The highest BCUT2D eigenvalue weighted by atomic mass is 17.1. The first-order chi connectivity index (χ1) is 7.31. The van der Waals surface area contributed by atoms with Crippen LogP contribution in [-0.4, -0.2) is 57.8 Å². The minimum absolute atomic E-state index is 0.0278. The third kappa shape index (κ3) is 55.1. The normalized spacial score (nSPS) is 9.94. The van der Waals surface area contributed by atoms with Crippen LogP contribution in [0.25, 0.3) is 0 Å². The number of hydrogen-bond acceptors (Lipinski definition) is 5. The molecule has 0 aliphatic heterocycles. The van der Waals surface area contributed by atoms with Gasteiger partial charge in [0, 0.05) is 7.11 Å². The summed E-state index contributed by atoms with van der Waals surface area (Å²) in [7, 11) is 1.59. The van der Waals surface area contributed by atoms with Gasteiger partial charge in [0.15, 0.2) is 0 Å². The van der Waals surface area contributed by atoms with Gasteiger partial charge in [0.2, 0.25) is 0 Å². The molecule has 98 valence electrons. The van der Waals surface area contributed by atoms with Crippen LogP contribution in [0, 0.1) is 0 Å². The molecule has 0 aliphatic carbocycles. The Morgan fingerprint density at radius 1 is 1.12 bits per heavy atom. The summed E-state index contributed by atoms with van der Waals surface area (Å²) in [6, 6.07) is 0. The minimum Gasteiger partial charge on any atom is -0.450 e. The summed E-state index contributed by atoms with van der Waals surface area (Å²) in [5, 5.41) is 35.8. The van der Waals surface area contributed by atoms with E-state index in [0.717, 1.165) is 6.42 Å². The van der Waals surface area contributed by atoms with Crippen molar-refractivity contribution in [1.29, 1.82) is 0 Å². The highest BCUT2D eigenvalue weighted by Crippen LogP contribution is 1.94. The summed E-state index contributed by atoms with van der Waals surface area (Å²) < 4.78 is 4.85. The predicted octanol–water partition coefficient (Wildman–Crippen LogP) is 1.35. The van der Waals surface area contributed by atoms with E-state index < -0.39 is 12.3 Å². The van der Waals surface area contributed by atoms with Crippen LogP contribution >= 0.6 is 0 Å². The van der Waals surface area contributed by atoms with Crippen molar-refractivity contribution >= 4 is 12.3 Å². The van der Waals surface area contributed by atoms with Gasteiger partial charge in [0.25, 0.3) is 0 Å². The molecule has 0 heterocycles. The Kier molecular flexibility index (Phi) is 19.8. The quantitative estimate of drug-likeness (QED) is 0.364. The molecule has 0 fully saturated rings. The summed E-state index contributed by atoms with van der Waals surface area (Å²) in [5.74, 6) is 0. The molecule has 0 aromatic carbocycles. The summed E-state index contributed by atoms with van der Waals surface area (Å²) in [6.07, 6.45) is -2.78. The Morgan fingerprint density at radius 3 is 1.50 bits per heavy atom. The van der Waals surface area contributed by atoms with E-state index in [1.807, 2.05) is 6.92 Å². The van der Waals surface area contributed by atoms with Gasteiger partial charge in [-0.25, -0.2) is 14.5 Å². The van der Waals surface area contributed by atoms with Crippen molar-refractivity contribution < 1.29 is 44.9 Å². The zero-order valence-corrected chi connectivity index (χ0v) is 8.86. The molecule has 16 heavy (non-hydrogen) atoms. The van der Waals surface area contributed by atoms with Crippen LogP contribution in [0.4, 0.5) is 9.59 Å². The predicted molar refractivity (Wildman–Crippen MR) is 51.0 cm³/mol. The zero-order chi connectivity index (χ0) is 13.6. The molecule has 0 aromatic heterocycles. The smallest absolute Gasteiger partial charge is 0.450 e. The summed E-state index contributed by atoms with van der Waals surface area (Å²) >= 11 is 0. The molecule has 9 nitrogen and oxygen atoms in total. The fraction of sp³-hybridized carbons (Fsp3) is 0.714. The summed E-state index contributed by atoms with van der Waals surface area (Å²) in [6.45, 7) is 2.22. The first-order valence-corrected chi connectivity index (χ1v) is 3.94. The molecule has 1 unspecified atom stereocenters. The lowest BCUT2D eigenvalue weighted by Crippen LogP contribution is -2.15. The van der Waals surface area contributed by atoms with Gasteiger partial charge in [0.05, 0.1) is 6.10 Å². The van der Waals surface area contributed by atoms with Crippen LogP contribution in [0.5, 0.6) is 0 Å². The van der Waals surface area contributed by atoms with E-state index in [2.05, 4.69) is 4.89 Å². The molecular formula is C7H16O9. The van der Waals surface area contributed by atoms with Crippen molar-refractivity contribution in [2.75, 3.05) is 13.7 Å². The fourth-order valence-corrected chi connectivity index (χ4v) is 0.436. The molecule has 0 saturated heterocycles. The van der Waals surface area contributed by atoms with E-state index in [1.165, 1.54) is 0 Å². The molecule has 0 radical (unpaired) electrons. The molecule has 0 rings (SSSR count). The van der Waals surface area contributed by atoms with Gasteiger partial charge in [-0.05, 0) is 6.42 Å². The second-order valence-electron chi connectivity index (χ2n) is 2.13. The van der Waals surface area contributed by atoms with Crippen molar-refractivity contribution in [1.82, 2.24) is 0 Å². The van der Waals surface area contributed by atoms with Crippen molar-refractivity contribution in [3.05, 3.63) is 0 Å². The van der Waals surface area contributed by atoms with Crippen LogP contribution in [0.2, 0.25) is 0 Å². The van der Waals surface area contributed by atoms with E-state index in [0.29, 0.717) is 0 Å². The lowest BCUT2D eigenvalue weighted by atomic mass is 10.3. The van der Waals surface area contributed by atoms with Gasteiger partial charge < -0.3 is 25.2 Å². The standard InChI is InChI=1S/C5H12O3.2CH2O3/c1-3-5(7-2)4-8-6;2*2-1(3)4/h5-6H,3-4H2,1-2H3;2*(H2,2,3,4). The molecule has 0 aliphatic rings. The van der Waals surface area contributed by atoms with Crippen molar-refractivity contribution in [2.45, 2.75) is 19.4 Å². The third-order valence-corrected chi connectivity index (χ3v) is 1.05. The first-order valence-electron chi connectivity index (χ1n) is 3.94. The zero-order valence-electron chi connectivity index (χ0n) is 8.86. The second kappa shape index (κ2) is 15.9. The third-order valence-electron chi connectivity index (χ3n) is 1.05. The average Bonchev–Trinajstić information content (AvgIpc) is 2.12. The number of rotatable bonds is 4. The Balaban J connectivity index is -0.000000179. The topological polar surface area (TPSA) is 154 Å². The maximum Gasteiger partial charge on any atom is 0.503 e. The fourth-order valence-electron chi connectivity index (χ4n) is 0.436. The van der Waals surface area contributed by atoms with Crippen LogP contribution < -0.4 is 0 Å². The largest absolute Gasteiger partial charge is 0.503 e. The number of ether oxygens (including phenoxy) is 1. The highest BCUT2D eigenvalue weighted by Gasteiger charge is 2.01. The summed E-state index contributed by atoms with van der Waals surface area (Å²) in [5.41, 5.74) is 0. The van der Waals surface area contributed by atoms with Gasteiger partial charge in [-0.3, -0.25) is 5.26 Å². The van der Waals surface area contributed by atoms with Gasteiger partial charge in [-0.2, -0.15) is 0 Å². The molecule has 0 amide bonds. The molecule has 5 N–H and O–H groups in total. The molecule has 0 spiro atoms. The van der Waals surface area contributed by atoms with Crippen molar-refractivity contribution in [3.8, 4) is 0 Å². The minimum atomic E-state index is -1.83. The number of carbonyl (C=O) groups is 2. The molecule has 0 aromatic rings. The highest BCUT2D eigenvalue weighted by molar-refractivity contribution is 5.53. The molecule has 0 saturated carbocycles. The van der Waals surface area contributed by atoms with Crippen LogP contribution in [0.3, 0.4) is 0 Å². The molecular weight excluding hydrogens is 228 g/mol. The summed E-state index contributed by atoms with van der Waals surface area (Å²) in [4.78, 5) is 21.0. The van der Waals surface area contributed by atoms with E-state index in [-0.39, 0.29) is 12.7 Å². The Bertz CT molecular complexity index is 145. The lowest BCUT2D eigenvalue weighted by Gasteiger charge is -2.08. The van der Waals surface area contributed by atoms with Gasteiger partial charge in [0.1, 0.15) is 6.61 Å². The Labute approximate surface area is 91.4 Å². The van der Waals surface area contributed by atoms with Crippen molar-refractivity contribution in [3.63, 3.8) is 0 Å². The maximum absolute atomic E-state index is 8.56. The Morgan fingerprint density at radius 2 is 1.44 bits per heavy atom. The van der Waals surface area contributed by atoms with Crippen LogP contribution in [-0.2, 0) is 9.62 Å². The van der Waals surface area contributed by atoms with Crippen molar-refractivity contribution in [2.24, 2.45) is 0 Å². The first kappa shape index (κ1) is 19.9. The van der Waals surface area contributed by atoms with Gasteiger partial charge in [-0.1, -0.05) is 6.92 Å². The number of carboxylic acid groups (broad SMARTS) is 4. The maximum atomic E-state index is 8.56. The van der Waals surface area contributed by atoms with Gasteiger partial charge in [-0.15, -0.1) is 0 Å². The second-order valence-corrected chi connectivity index (χ2v) is 2.13. The molecule has 1 atom stereocenters. The Hall–Kier alpha value is -1.58. The van der Waals surface area contributed by atoms with E-state index >= 15 is 0 Å². The van der Waals surface area contributed by atoms with E-state index in [4.69, 9.17) is 40.0 Å². The average molecular weight is 244 g/mol.